The summed E-state index contributed by atoms with van der Waals surface area (Å²) in [5, 5.41) is 1.79. The third-order valence-electron chi connectivity index (χ3n) is 7.38. The van der Waals surface area contributed by atoms with Crippen molar-refractivity contribution in [3.05, 3.63) is 88.2 Å². The van der Waals surface area contributed by atoms with Gasteiger partial charge in [0.05, 0.1) is 6.10 Å². The van der Waals surface area contributed by atoms with E-state index in [9.17, 15) is 0 Å². The van der Waals surface area contributed by atoms with Crippen LogP contribution >= 0.6 is 12.6 Å². The third kappa shape index (κ3) is 9.73. The smallest absolute Gasteiger partial charge is 0.119 e. The van der Waals surface area contributed by atoms with Crippen LogP contribution < -0.4 is 4.74 Å². The first kappa shape index (κ1) is 30.1. The first-order chi connectivity index (χ1) is 17.3. The van der Waals surface area contributed by atoms with Crippen molar-refractivity contribution >= 4 is 12.6 Å². The summed E-state index contributed by atoms with van der Waals surface area (Å²) in [6, 6.07) is 8.71. The Kier molecular flexibility index (Phi) is 13.3. The van der Waals surface area contributed by atoms with E-state index in [0.29, 0.717) is 6.10 Å². The molecule has 1 fully saturated rings. The zero-order valence-electron chi connectivity index (χ0n) is 23.6. The van der Waals surface area contributed by atoms with E-state index in [-0.39, 0.29) is 0 Å². The summed E-state index contributed by atoms with van der Waals surface area (Å²) in [4.78, 5) is 2.36. The van der Waals surface area contributed by atoms with Crippen molar-refractivity contribution in [1.29, 1.82) is 0 Å². The number of nitrogens with zero attached hydrogens (tertiary/aromatic N) is 1. The van der Waals surface area contributed by atoms with Gasteiger partial charge in [0.2, 0.25) is 0 Å². The molecule has 1 saturated carbocycles. The molecule has 0 heterocycles. The highest BCUT2D eigenvalue weighted by Gasteiger charge is 2.20. The number of thiol groups is 1. The molecule has 2 nitrogen and oxygen atoms in total. The lowest BCUT2D eigenvalue weighted by Crippen LogP contribution is -2.23. The molecule has 0 bridgehead atoms. The monoisotopic (exact) mass is 507 g/mol. The minimum Gasteiger partial charge on any atom is -0.490 e. The Morgan fingerprint density at radius 2 is 1.69 bits per heavy atom. The predicted molar refractivity (Wildman–Crippen MR) is 162 cm³/mol. The normalized spacial score (nSPS) is 15.8. The summed E-state index contributed by atoms with van der Waals surface area (Å²) in [7, 11) is 0. The molecule has 36 heavy (non-hydrogen) atoms. The highest BCUT2D eigenvalue weighted by molar-refractivity contribution is 7.83. The molecule has 1 aliphatic carbocycles. The van der Waals surface area contributed by atoms with Crippen molar-refractivity contribution in [3.63, 3.8) is 0 Å². The van der Waals surface area contributed by atoms with E-state index in [1.807, 2.05) is 6.08 Å². The summed E-state index contributed by atoms with van der Waals surface area (Å²) in [6.07, 6.45) is 16.4. The molecule has 198 valence electrons. The number of ether oxygens (including phenoxy) is 1. The molecule has 0 atom stereocenters. The van der Waals surface area contributed by atoms with Gasteiger partial charge in [-0.2, -0.15) is 12.6 Å². The highest BCUT2D eigenvalue weighted by Crippen LogP contribution is 2.33. The molecule has 1 aromatic rings. The van der Waals surface area contributed by atoms with Gasteiger partial charge in [0, 0.05) is 18.4 Å². The molecule has 1 aliphatic rings. The zero-order valence-corrected chi connectivity index (χ0v) is 24.5. The molecule has 1 aromatic carbocycles. The van der Waals surface area contributed by atoms with Crippen LogP contribution in [0.4, 0.5) is 0 Å². The van der Waals surface area contributed by atoms with E-state index in [4.69, 9.17) is 4.74 Å². The second-order valence-corrected chi connectivity index (χ2v) is 10.7. The average molecular weight is 508 g/mol. The maximum absolute atomic E-state index is 6.26. The van der Waals surface area contributed by atoms with E-state index in [1.165, 1.54) is 47.1 Å². The molecule has 0 unspecified atom stereocenters. The Bertz CT molecular complexity index is 940. The lowest BCUT2D eigenvalue weighted by atomic mass is 9.80. The van der Waals surface area contributed by atoms with Gasteiger partial charge in [-0.3, -0.25) is 0 Å². The van der Waals surface area contributed by atoms with Crippen LogP contribution in [0.25, 0.3) is 0 Å². The van der Waals surface area contributed by atoms with E-state index >= 15 is 0 Å². The fourth-order valence-corrected chi connectivity index (χ4v) is 4.79. The molecule has 0 saturated heterocycles. The minimum absolute atomic E-state index is 0.323. The molecule has 0 radical (unpaired) electrons. The average Bonchev–Trinajstić information content (AvgIpc) is 2.81. The number of benzene rings is 1. The Labute approximate surface area is 227 Å². The molecule has 0 aromatic heterocycles. The number of rotatable bonds is 15. The second-order valence-electron chi connectivity index (χ2n) is 10.4. The van der Waals surface area contributed by atoms with Crippen molar-refractivity contribution < 1.29 is 4.74 Å². The third-order valence-corrected chi connectivity index (χ3v) is 7.53. The van der Waals surface area contributed by atoms with Crippen molar-refractivity contribution in [1.82, 2.24) is 4.90 Å². The molecule has 2 rings (SSSR count). The largest absolute Gasteiger partial charge is 0.490 e. The van der Waals surface area contributed by atoms with E-state index in [2.05, 4.69) is 102 Å². The standard InChI is InChI=1S/C33H49NOS/c1-8-11-32(12-9-2)35-33-17-15-30(16-18-33)19-21-34(24-28(6)31-13-10-14-31)29(7)27(5)23-26(4)25(3)20-22-36/h15-18,20,22-24,31-32,36H,7-14,19,21H2,1-6H3/b22-20-,26-25+,27-23+,28-24+. The summed E-state index contributed by atoms with van der Waals surface area (Å²) >= 11 is 4.22. The molecule has 0 spiro atoms. The van der Waals surface area contributed by atoms with Crippen LogP contribution in [0.15, 0.2) is 82.6 Å². The molecule has 0 aliphatic heterocycles. The van der Waals surface area contributed by atoms with Crippen LogP contribution in [0.3, 0.4) is 0 Å². The van der Waals surface area contributed by atoms with Crippen LogP contribution in [-0.4, -0.2) is 17.5 Å². The van der Waals surface area contributed by atoms with Crippen LogP contribution in [0, 0.1) is 5.92 Å². The van der Waals surface area contributed by atoms with Gasteiger partial charge in [0.25, 0.3) is 0 Å². The second kappa shape index (κ2) is 15.9. The predicted octanol–water partition coefficient (Wildman–Crippen LogP) is 9.82. The van der Waals surface area contributed by atoms with Gasteiger partial charge in [-0.05, 0) is 106 Å². The van der Waals surface area contributed by atoms with Crippen LogP contribution in [0.5, 0.6) is 5.75 Å². The first-order valence-corrected chi connectivity index (χ1v) is 14.4. The van der Waals surface area contributed by atoms with Crippen LogP contribution in [-0.2, 0) is 6.42 Å². The SMILES string of the molecule is C=C(/C(C)=C/C(C)=C(C)/C=C\S)N(/C=C(\C)C1CCC1)CCc1ccc(OC(CCC)CCC)cc1. The molecular formula is C33H49NOS. The van der Waals surface area contributed by atoms with Crippen LogP contribution in [0.2, 0.25) is 0 Å². The zero-order chi connectivity index (χ0) is 26.5. The summed E-state index contributed by atoms with van der Waals surface area (Å²) in [5.74, 6) is 1.71. The maximum Gasteiger partial charge on any atom is 0.119 e. The lowest BCUT2D eigenvalue weighted by molar-refractivity contribution is 0.179. The fourth-order valence-electron chi connectivity index (χ4n) is 4.57. The minimum atomic E-state index is 0.323. The number of allylic oxidation sites excluding steroid dienone is 6. The summed E-state index contributed by atoms with van der Waals surface area (Å²) < 4.78 is 6.26. The summed E-state index contributed by atoms with van der Waals surface area (Å²) in [5.41, 5.74) is 7.51. The lowest BCUT2D eigenvalue weighted by Gasteiger charge is -2.30. The van der Waals surface area contributed by atoms with Crippen molar-refractivity contribution in [2.75, 3.05) is 6.54 Å². The first-order valence-electron chi connectivity index (χ1n) is 13.8. The quantitative estimate of drug-likeness (QED) is 0.187. The number of hydrogen-bond donors (Lipinski definition) is 1. The highest BCUT2D eigenvalue weighted by atomic mass is 32.1. The summed E-state index contributed by atoms with van der Waals surface area (Å²) in [6.45, 7) is 18.6. The van der Waals surface area contributed by atoms with Crippen LogP contribution in [0.1, 0.15) is 92.1 Å². The topological polar surface area (TPSA) is 12.5 Å². The Balaban J connectivity index is 2.14. The van der Waals surface area contributed by atoms with E-state index in [0.717, 1.165) is 56.0 Å². The van der Waals surface area contributed by atoms with Gasteiger partial charge >= 0.3 is 0 Å². The van der Waals surface area contributed by atoms with E-state index in [1.54, 1.807) is 5.41 Å². The van der Waals surface area contributed by atoms with Gasteiger partial charge in [-0.1, -0.05) is 69.5 Å². The Morgan fingerprint density at radius 3 is 2.22 bits per heavy atom. The molecular weight excluding hydrogens is 458 g/mol. The Morgan fingerprint density at radius 1 is 1.06 bits per heavy atom. The molecule has 3 heteroatoms. The van der Waals surface area contributed by atoms with Crippen molar-refractivity contribution in [3.8, 4) is 5.75 Å². The van der Waals surface area contributed by atoms with Gasteiger partial charge in [0.15, 0.2) is 0 Å². The van der Waals surface area contributed by atoms with Crippen molar-refractivity contribution in [2.24, 2.45) is 5.92 Å². The van der Waals surface area contributed by atoms with Gasteiger partial charge in [0.1, 0.15) is 5.75 Å². The maximum atomic E-state index is 6.26. The van der Waals surface area contributed by atoms with Gasteiger partial charge < -0.3 is 9.64 Å². The number of hydrogen-bond acceptors (Lipinski definition) is 3. The van der Waals surface area contributed by atoms with Gasteiger partial charge in [-0.15, -0.1) is 0 Å². The van der Waals surface area contributed by atoms with E-state index < -0.39 is 0 Å². The molecule has 0 amide bonds. The fraction of sp³-hybridized carbons (Fsp3) is 0.515. The molecule has 0 N–H and O–H groups in total. The van der Waals surface area contributed by atoms with Crippen molar-refractivity contribution in [2.45, 2.75) is 99.0 Å². The van der Waals surface area contributed by atoms with Gasteiger partial charge in [-0.25, -0.2) is 0 Å². The Hall–Kier alpha value is -2.13.